The summed E-state index contributed by atoms with van der Waals surface area (Å²) in [7, 11) is 2.49. The van der Waals surface area contributed by atoms with Crippen molar-refractivity contribution in [2.45, 2.75) is 19.1 Å². The fourth-order valence-electron chi connectivity index (χ4n) is 2.43. The van der Waals surface area contributed by atoms with Crippen molar-refractivity contribution >= 4 is 17.7 Å². The maximum atomic E-state index is 12.7. The number of alkyl halides is 2. The zero-order chi connectivity index (χ0) is 20.5. The van der Waals surface area contributed by atoms with Crippen LogP contribution in [-0.2, 0) is 16.0 Å². The van der Waals surface area contributed by atoms with Crippen LogP contribution in [-0.4, -0.2) is 38.9 Å². The standard InChI is InChI=1S/C19H20F2N2O5/c1-26-15-9-8-13(11-16(15)28-18(20)21)22-17(24)14(23-19(25)27-2)10-12-6-4-3-5-7-12/h3-9,11,14,18H,10H2,1-2H3,(H,22,24)(H,23,25). The summed E-state index contributed by atoms with van der Waals surface area (Å²) in [6, 6.07) is 12.2. The molecule has 0 aromatic heterocycles. The van der Waals surface area contributed by atoms with Gasteiger partial charge in [0.1, 0.15) is 6.04 Å². The van der Waals surface area contributed by atoms with E-state index in [0.717, 1.165) is 5.56 Å². The maximum Gasteiger partial charge on any atom is 0.407 e. The van der Waals surface area contributed by atoms with Gasteiger partial charge in [0.05, 0.1) is 14.2 Å². The molecule has 2 N–H and O–H groups in total. The number of alkyl carbamates (subject to hydrolysis) is 1. The van der Waals surface area contributed by atoms with Crippen LogP contribution < -0.4 is 20.1 Å². The molecule has 2 rings (SSSR count). The first-order chi connectivity index (χ1) is 13.4. The normalized spacial score (nSPS) is 11.5. The van der Waals surface area contributed by atoms with E-state index in [1.54, 1.807) is 24.3 Å². The molecule has 28 heavy (non-hydrogen) atoms. The number of hydrogen-bond donors (Lipinski definition) is 2. The molecular weight excluding hydrogens is 374 g/mol. The lowest BCUT2D eigenvalue weighted by atomic mass is 10.1. The van der Waals surface area contributed by atoms with Crippen molar-refractivity contribution in [3.63, 3.8) is 0 Å². The molecule has 2 aromatic carbocycles. The topological polar surface area (TPSA) is 85.9 Å². The third kappa shape index (κ3) is 6.11. The summed E-state index contributed by atoms with van der Waals surface area (Å²) >= 11 is 0. The summed E-state index contributed by atoms with van der Waals surface area (Å²) < 4.78 is 39.0. The van der Waals surface area contributed by atoms with E-state index in [2.05, 4.69) is 20.1 Å². The summed E-state index contributed by atoms with van der Waals surface area (Å²) in [5, 5.41) is 5.02. The van der Waals surface area contributed by atoms with E-state index in [4.69, 9.17) is 4.74 Å². The van der Waals surface area contributed by atoms with E-state index >= 15 is 0 Å². The minimum Gasteiger partial charge on any atom is -0.493 e. The van der Waals surface area contributed by atoms with Gasteiger partial charge in [-0.25, -0.2) is 4.79 Å². The molecule has 1 atom stereocenters. The van der Waals surface area contributed by atoms with Crippen molar-refractivity contribution in [1.29, 1.82) is 0 Å². The first kappa shape index (κ1) is 20.9. The molecule has 2 amide bonds. The van der Waals surface area contributed by atoms with Gasteiger partial charge in [0.15, 0.2) is 11.5 Å². The minimum absolute atomic E-state index is 0.0896. The first-order valence-electron chi connectivity index (χ1n) is 8.25. The summed E-state index contributed by atoms with van der Waals surface area (Å²) in [5.41, 5.74) is 1.02. The number of anilines is 1. The highest BCUT2D eigenvalue weighted by atomic mass is 19.3. The highest BCUT2D eigenvalue weighted by Crippen LogP contribution is 2.31. The Hall–Kier alpha value is -3.36. The lowest BCUT2D eigenvalue weighted by Gasteiger charge is -2.18. The molecule has 1 unspecified atom stereocenters. The smallest absolute Gasteiger partial charge is 0.407 e. The van der Waals surface area contributed by atoms with Gasteiger partial charge in [-0.1, -0.05) is 30.3 Å². The fourth-order valence-corrected chi connectivity index (χ4v) is 2.43. The Balaban J connectivity index is 2.18. The predicted molar refractivity (Wildman–Crippen MR) is 97.7 cm³/mol. The lowest BCUT2D eigenvalue weighted by molar-refractivity contribution is -0.118. The zero-order valence-corrected chi connectivity index (χ0v) is 15.3. The molecule has 0 aliphatic heterocycles. The zero-order valence-electron chi connectivity index (χ0n) is 15.3. The maximum absolute atomic E-state index is 12.7. The van der Waals surface area contributed by atoms with Crippen LogP contribution in [0.15, 0.2) is 48.5 Å². The highest BCUT2D eigenvalue weighted by molar-refractivity contribution is 5.97. The van der Waals surface area contributed by atoms with Gasteiger partial charge in [-0.3, -0.25) is 4.79 Å². The number of methoxy groups -OCH3 is 2. The van der Waals surface area contributed by atoms with Crippen LogP contribution in [0.25, 0.3) is 0 Å². The van der Waals surface area contributed by atoms with E-state index in [-0.39, 0.29) is 23.6 Å². The molecule has 0 aliphatic carbocycles. The molecule has 0 spiro atoms. The van der Waals surface area contributed by atoms with Gasteiger partial charge in [-0.15, -0.1) is 0 Å². The van der Waals surface area contributed by atoms with Crippen molar-refractivity contribution in [2.24, 2.45) is 0 Å². The van der Waals surface area contributed by atoms with E-state index in [0.29, 0.717) is 0 Å². The van der Waals surface area contributed by atoms with Crippen LogP contribution in [0.2, 0.25) is 0 Å². The summed E-state index contributed by atoms with van der Waals surface area (Å²) in [6.45, 7) is -3.05. The number of carbonyl (C=O) groups is 2. The molecule has 0 bridgehead atoms. The number of amides is 2. The third-order valence-corrected chi connectivity index (χ3v) is 3.72. The van der Waals surface area contributed by atoms with Crippen molar-refractivity contribution in [3.05, 3.63) is 54.1 Å². The van der Waals surface area contributed by atoms with Crippen LogP contribution >= 0.6 is 0 Å². The number of benzene rings is 2. The van der Waals surface area contributed by atoms with Crippen LogP contribution in [0.4, 0.5) is 19.3 Å². The van der Waals surface area contributed by atoms with E-state index in [1.165, 1.54) is 32.4 Å². The number of rotatable bonds is 8. The molecule has 0 saturated heterocycles. The van der Waals surface area contributed by atoms with Crippen LogP contribution in [0.3, 0.4) is 0 Å². The Kier molecular flexibility index (Phi) is 7.55. The van der Waals surface area contributed by atoms with Crippen molar-refractivity contribution in [1.82, 2.24) is 5.32 Å². The summed E-state index contributed by atoms with van der Waals surface area (Å²) in [4.78, 5) is 24.2. The number of nitrogens with one attached hydrogen (secondary N) is 2. The lowest BCUT2D eigenvalue weighted by Crippen LogP contribution is -2.45. The van der Waals surface area contributed by atoms with E-state index in [9.17, 15) is 18.4 Å². The summed E-state index contributed by atoms with van der Waals surface area (Å²) in [5.74, 6) is -0.690. The highest BCUT2D eigenvalue weighted by Gasteiger charge is 2.22. The SMILES string of the molecule is COC(=O)NC(Cc1ccccc1)C(=O)Nc1ccc(OC)c(OC(F)F)c1. The molecule has 0 aliphatic rings. The van der Waals surface area contributed by atoms with Crippen LogP contribution in [0.5, 0.6) is 11.5 Å². The molecule has 0 saturated carbocycles. The van der Waals surface area contributed by atoms with Crippen molar-refractivity contribution in [2.75, 3.05) is 19.5 Å². The molecule has 9 heteroatoms. The van der Waals surface area contributed by atoms with Gasteiger partial charge in [0.2, 0.25) is 5.91 Å². The number of ether oxygens (including phenoxy) is 3. The van der Waals surface area contributed by atoms with Crippen molar-refractivity contribution in [3.8, 4) is 11.5 Å². The molecule has 2 aromatic rings. The predicted octanol–water partition coefficient (Wildman–Crippen LogP) is 3.20. The average molecular weight is 394 g/mol. The average Bonchev–Trinajstić information content (AvgIpc) is 2.68. The molecular formula is C19H20F2N2O5. The van der Waals surface area contributed by atoms with E-state index in [1.807, 2.05) is 6.07 Å². The molecule has 0 fully saturated rings. The largest absolute Gasteiger partial charge is 0.493 e. The second kappa shape index (κ2) is 10.1. The molecule has 0 radical (unpaired) electrons. The fraction of sp³-hybridized carbons (Fsp3) is 0.263. The third-order valence-electron chi connectivity index (χ3n) is 3.72. The quantitative estimate of drug-likeness (QED) is 0.718. The summed E-state index contributed by atoms with van der Waals surface area (Å²) in [6.07, 6.45) is -0.564. The second-order valence-electron chi connectivity index (χ2n) is 5.61. The number of halogens is 2. The van der Waals surface area contributed by atoms with Gasteiger partial charge < -0.3 is 24.8 Å². The van der Waals surface area contributed by atoms with Crippen LogP contribution in [0, 0.1) is 0 Å². The monoisotopic (exact) mass is 394 g/mol. The molecule has 7 nitrogen and oxygen atoms in total. The van der Waals surface area contributed by atoms with Gasteiger partial charge in [-0.05, 0) is 17.7 Å². The second-order valence-corrected chi connectivity index (χ2v) is 5.61. The van der Waals surface area contributed by atoms with Gasteiger partial charge in [-0.2, -0.15) is 8.78 Å². The Labute approximate surface area is 160 Å². The Morgan fingerprint density at radius 1 is 1.04 bits per heavy atom. The van der Waals surface area contributed by atoms with Gasteiger partial charge >= 0.3 is 12.7 Å². The van der Waals surface area contributed by atoms with E-state index < -0.39 is 24.7 Å². The van der Waals surface area contributed by atoms with Gasteiger partial charge in [0, 0.05) is 18.2 Å². The minimum atomic E-state index is -3.05. The number of hydrogen-bond acceptors (Lipinski definition) is 5. The Bertz CT molecular complexity index is 802. The first-order valence-corrected chi connectivity index (χ1v) is 8.25. The van der Waals surface area contributed by atoms with Crippen LogP contribution in [0.1, 0.15) is 5.56 Å². The van der Waals surface area contributed by atoms with Gasteiger partial charge in [0.25, 0.3) is 0 Å². The molecule has 150 valence electrons. The number of carbonyl (C=O) groups excluding carboxylic acids is 2. The Morgan fingerprint density at radius 2 is 1.75 bits per heavy atom. The Morgan fingerprint density at radius 3 is 2.36 bits per heavy atom. The molecule has 0 heterocycles. The van der Waals surface area contributed by atoms with Crippen molar-refractivity contribution < 1.29 is 32.6 Å².